The van der Waals surface area contributed by atoms with Crippen molar-refractivity contribution in [3.8, 4) is 5.75 Å². The first-order valence-electron chi connectivity index (χ1n) is 9.79. The van der Waals surface area contributed by atoms with E-state index in [0.29, 0.717) is 33.4 Å². The van der Waals surface area contributed by atoms with Crippen molar-refractivity contribution in [1.29, 1.82) is 0 Å². The minimum absolute atomic E-state index is 0.0748. The fourth-order valence-corrected chi connectivity index (χ4v) is 3.59. The van der Waals surface area contributed by atoms with Crippen molar-refractivity contribution in [1.82, 2.24) is 0 Å². The largest absolute Gasteiger partial charge is 0.483 e. The third kappa shape index (κ3) is 3.79. The van der Waals surface area contributed by atoms with Crippen LogP contribution in [0.1, 0.15) is 22.3 Å². The summed E-state index contributed by atoms with van der Waals surface area (Å²) in [7, 11) is 0. The minimum atomic E-state index is -0.287. The van der Waals surface area contributed by atoms with Crippen molar-refractivity contribution < 1.29 is 13.9 Å². The number of fused-ring (bicyclic) bond motifs is 2. The summed E-state index contributed by atoms with van der Waals surface area (Å²) in [5.74, 6) is 0.400. The van der Waals surface area contributed by atoms with Gasteiger partial charge < -0.3 is 14.5 Å². The van der Waals surface area contributed by atoms with Gasteiger partial charge in [-0.3, -0.25) is 9.59 Å². The van der Waals surface area contributed by atoms with E-state index < -0.39 is 0 Å². The van der Waals surface area contributed by atoms with Crippen LogP contribution in [-0.4, -0.2) is 12.5 Å². The van der Waals surface area contributed by atoms with E-state index in [-0.39, 0.29) is 17.9 Å². The van der Waals surface area contributed by atoms with Gasteiger partial charge in [0.25, 0.3) is 5.91 Å². The van der Waals surface area contributed by atoms with Gasteiger partial charge in [-0.15, -0.1) is 0 Å². The normalized spacial score (nSPS) is 11.1. The summed E-state index contributed by atoms with van der Waals surface area (Å²) >= 11 is 0. The van der Waals surface area contributed by atoms with Crippen LogP contribution in [-0.2, 0) is 4.79 Å². The number of nitrogens with one attached hydrogen (secondary N) is 1. The number of anilines is 1. The van der Waals surface area contributed by atoms with Crippen LogP contribution in [0, 0.1) is 27.7 Å². The summed E-state index contributed by atoms with van der Waals surface area (Å²) < 4.78 is 11.7. The highest BCUT2D eigenvalue weighted by atomic mass is 16.5. The summed E-state index contributed by atoms with van der Waals surface area (Å²) in [5.41, 5.74) is 5.43. The van der Waals surface area contributed by atoms with E-state index in [9.17, 15) is 9.59 Å². The van der Waals surface area contributed by atoms with Gasteiger partial charge in [0.05, 0.1) is 10.8 Å². The van der Waals surface area contributed by atoms with E-state index in [0.717, 1.165) is 22.3 Å². The Morgan fingerprint density at radius 1 is 0.900 bits per heavy atom. The lowest BCUT2D eigenvalue weighted by atomic mass is 10.1. The van der Waals surface area contributed by atoms with Gasteiger partial charge >= 0.3 is 0 Å². The van der Waals surface area contributed by atoms with Crippen molar-refractivity contribution >= 4 is 33.5 Å². The zero-order valence-corrected chi connectivity index (χ0v) is 17.5. The molecule has 1 N–H and O–H groups in total. The Hall–Kier alpha value is -3.60. The highest BCUT2D eigenvalue weighted by Gasteiger charge is 2.12. The average Bonchev–Trinajstić information content (AvgIpc) is 2.70. The predicted molar refractivity (Wildman–Crippen MR) is 120 cm³/mol. The number of hydrogen-bond acceptors (Lipinski definition) is 4. The number of benzene rings is 3. The van der Waals surface area contributed by atoms with Crippen molar-refractivity contribution in [2.75, 3.05) is 11.9 Å². The van der Waals surface area contributed by atoms with Crippen LogP contribution in [0.3, 0.4) is 0 Å². The third-order valence-corrected chi connectivity index (χ3v) is 5.09. The second-order valence-electron chi connectivity index (χ2n) is 7.71. The number of hydrogen-bond donors (Lipinski definition) is 1. The van der Waals surface area contributed by atoms with Crippen LogP contribution >= 0.6 is 0 Å². The molecule has 1 heterocycles. The molecule has 0 bridgehead atoms. The van der Waals surface area contributed by atoms with Crippen molar-refractivity contribution in [2.24, 2.45) is 0 Å². The lowest BCUT2D eigenvalue weighted by Gasteiger charge is -2.11. The van der Waals surface area contributed by atoms with Crippen molar-refractivity contribution in [3.63, 3.8) is 0 Å². The second kappa shape index (κ2) is 7.67. The summed E-state index contributed by atoms with van der Waals surface area (Å²) in [6.45, 7) is 7.67. The van der Waals surface area contributed by atoms with E-state index in [1.165, 1.54) is 0 Å². The molecule has 1 aromatic heterocycles. The quantitative estimate of drug-likeness (QED) is 0.478. The highest BCUT2D eigenvalue weighted by Crippen LogP contribution is 2.25. The minimum Gasteiger partial charge on any atom is -0.483 e. The van der Waals surface area contributed by atoms with Crippen LogP contribution in [0.5, 0.6) is 5.75 Å². The molecule has 0 radical (unpaired) electrons. The topological polar surface area (TPSA) is 68.5 Å². The van der Waals surface area contributed by atoms with E-state index in [2.05, 4.69) is 5.32 Å². The van der Waals surface area contributed by atoms with Gasteiger partial charge in [-0.1, -0.05) is 18.2 Å². The fourth-order valence-electron chi connectivity index (χ4n) is 3.59. The second-order valence-corrected chi connectivity index (χ2v) is 7.71. The SMILES string of the molecule is Cc1ccc(C)c(OCC(=O)Nc2ccc3c(=O)c4cc(C)cc(C)c4oc3c2)c1. The third-order valence-electron chi connectivity index (χ3n) is 5.09. The Bertz CT molecular complexity index is 1350. The van der Waals surface area contributed by atoms with Gasteiger partial charge in [0, 0.05) is 11.8 Å². The van der Waals surface area contributed by atoms with Crippen LogP contribution in [0.25, 0.3) is 21.9 Å². The number of rotatable bonds is 4. The van der Waals surface area contributed by atoms with Crippen molar-refractivity contribution in [3.05, 3.63) is 81.0 Å². The number of carbonyl (C=O) groups excluding carboxylic acids is 1. The molecule has 0 saturated heterocycles. The molecule has 4 aromatic rings. The lowest BCUT2D eigenvalue weighted by molar-refractivity contribution is -0.118. The van der Waals surface area contributed by atoms with E-state index in [1.54, 1.807) is 18.2 Å². The van der Waals surface area contributed by atoms with Crippen molar-refractivity contribution in [2.45, 2.75) is 27.7 Å². The van der Waals surface area contributed by atoms with Gasteiger partial charge in [0.1, 0.15) is 16.9 Å². The summed E-state index contributed by atoms with van der Waals surface area (Å²) in [5, 5.41) is 3.86. The Labute approximate surface area is 174 Å². The lowest BCUT2D eigenvalue weighted by Crippen LogP contribution is -2.20. The molecule has 152 valence electrons. The monoisotopic (exact) mass is 401 g/mol. The molecule has 0 aliphatic carbocycles. The molecular formula is C25H23NO4. The number of ether oxygens (including phenoxy) is 1. The maximum atomic E-state index is 12.9. The average molecular weight is 401 g/mol. The fraction of sp³-hybridized carbons (Fsp3) is 0.200. The maximum absolute atomic E-state index is 12.9. The molecule has 30 heavy (non-hydrogen) atoms. The van der Waals surface area contributed by atoms with Crippen LogP contribution in [0.4, 0.5) is 5.69 Å². The predicted octanol–water partition coefficient (Wildman–Crippen LogP) is 5.20. The molecular weight excluding hydrogens is 378 g/mol. The molecule has 5 nitrogen and oxygen atoms in total. The van der Waals surface area contributed by atoms with Crippen LogP contribution < -0.4 is 15.5 Å². The van der Waals surface area contributed by atoms with Gasteiger partial charge in [0.15, 0.2) is 6.61 Å². The molecule has 0 aliphatic heterocycles. The molecule has 0 saturated carbocycles. The smallest absolute Gasteiger partial charge is 0.262 e. The van der Waals surface area contributed by atoms with Gasteiger partial charge in [-0.05, 0) is 74.2 Å². The Balaban J connectivity index is 1.59. The Kier molecular flexibility index (Phi) is 5.04. The molecule has 4 rings (SSSR count). The summed E-state index contributed by atoms with van der Waals surface area (Å²) in [6.07, 6.45) is 0. The van der Waals surface area contributed by atoms with E-state index >= 15 is 0 Å². The number of aryl methyl sites for hydroxylation is 4. The Morgan fingerprint density at radius 3 is 2.50 bits per heavy atom. The maximum Gasteiger partial charge on any atom is 0.262 e. The standard InChI is InChI=1S/C25H23NO4/c1-14-5-6-16(3)21(11-14)29-13-23(27)26-18-7-8-19-22(12-18)30-25-17(4)9-15(2)10-20(25)24(19)28/h5-12H,13H2,1-4H3,(H,26,27). The van der Waals surface area contributed by atoms with E-state index in [1.807, 2.05) is 58.0 Å². The van der Waals surface area contributed by atoms with Crippen LogP contribution in [0.2, 0.25) is 0 Å². The van der Waals surface area contributed by atoms with Gasteiger partial charge in [0.2, 0.25) is 5.43 Å². The molecule has 0 aliphatic rings. The van der Waals surface area contributed by atoms with E-state index in [4.69, 9.17) is 9.15 Å². The van der Waals surface area contributed by atoms with Gasteiger partial charge in [-0.2, -0.15) is 0 Å². The molecule has 0 fully saturated rings. The molecule has 3 aromatic carbocycles. The number of amides is 1. The number of carbonyl (C=O) groups is 1. The first-order chi connectivity index (χ1) is 14.3. The zero-order chi connectivity index (χ0) is 21.4. The highest BCUT2D eigenvalue weighted by molar-refractivity contribution is 5.96. The molecule has 0 unspecified atom stereocenters. The molecule has 0 spiro atoms. The first-order valence-corrected chi connectivity index (χ1v) is 9.79. The molecule has 0 atom stereocenters. The van der Waals surface area contributed by atoms with Crippen LogP contribution in [0.15, 0.2) is 57.7 Å². The molecule has 1 amide bonds. The summed E-state index contributed by atoms with van der Waals surface area (Å²) in [6, 6.07) is 14.7. The first kappa shape index (κ1) is 19.7. The molecule has 5 heteroatoms. The van der Waals surface area contributed by atoms with Gasteiger partial charge in [-0.25, -0.2) is 0 Å². The summed E-state index contributed by atoms with van der Waals surface area (Å²) in [4.78, 5) is 25.2. The Morgan fingerprint density at radius 2 is 1.70 bits per heavy atom. The zero-order valence-electron chi connectivity index (χ0n) is 17.5.